The predicted molar refractivity (Wildman–Crippen MR) is 59.6 cm³/mol. The van der Waals surface area contributed by atoms with Gasteiger partial charge in [0, 0.05) is 19.3 Å². The van der Waals surface area contributed by atoms with E-state index >= 15 is 0 Å². The second-order valence-corrected chi connectivity index (χ2v) is 3.84. The zero-order valence-electron chi connectivity index (χ0n) is 9.66. The van der Waals surface area contributed by atoms with Crippen LogP contribution >= 0.6 is 0 Å². The van der Waals surface area contributed by atoms with Gasteiger partial charge in [-0.15, -0.1) is 0 Å². The van der Waals surface area contributed by atoms with E-state index in [4.69, 9.17) is 0 Å². The fraction of sp³-hybridized carbons (Fsp3) is 0.636. The SMILES string of the molecule is CCC(C)CN(CC)C(=O)c1cn[nH]c1. The Hall–Kier alpha value is -1.32. The van der Waals surface area contributed by atoms with E-state index in [1.54, 1.807) is 12.4 Å². The standard InChI is InChI=1S/C11H19N3O/c1-4-9(3)8-14(5-2)11(15)10-6-12-13-7-10/h6-7,9H,4-5,8H2,1-3H3,(H,12,13). The molecule has 4 heteroatoms. The number of aromatic amines is 1. The molecule has 0 saturated heterocycles. The summed E-state index contributed by atoms with van der Waals surface area (Å²) >= 11 is 0. The van der Waals surface area contributed by atoms with Crippen LogP contribution in [0.15, 0.2) is 12.4 Å². The molecule has 0 fully saturated rings. The van der Waals surface area contributed by atoms with Gasteiger partial charge in [-0.3, -0.25) is 9.89 Å². The fourth-order valence-corrected chi connectivity index (χ4v) is 1.41. The van der Waals surface area contributed by atoms with Gasteiger partial charge >= 0.3 is 0 Å². The van der Waals surface area contributed by atoms with Crippen molar-refractivity contribution in [2.24, 2.45) is 5.92 Å². The summed E-state index contributed by atoms with van der Waals surface area (Å²) in [6, 6.07) is 0. The van der Waals surface area contributed by atoms with Crippen LogP contribution in [0, 0.1) is 5.92 Å². The van der Waals surface area contributed by atoms with Gasteiger partial charge in [0.2, 0.25) is 0 Å². The summed E-state index contributed by atoms with van der Waals surface area (Å²) in [6.45, 7) is 7.86. The summed E-state index contributed by atoms with van der Waals surface area (Å²) in [5.41, 5.74) is 0.639. The van der Waals surface area contributed by atoms with Gasteiger partial charge in [0.25, 0.3) is 5.91 Å². The van der Waals surface area contributed by atoms with Crippen LogP contribution in [0.5, 0.6) is 0 Å². The maximum absolute atomic E-state index is 12.0. The lowest BCUT2D eigenvalue weighted by Crippen LogP contribution is -2.34. The molecule has 0 spiro atoms. The number of nitrogens with zero attached hydrogens (tertiary/aromatic N) is 2. The number of rotatable bonds is 5. The van der Waals surface area contributed by atoms with Gasteiger partial charge in [0.15, 0.2) is 0 Å². The molecule has 1 atom stereocenters. The van der Waals surface area contributed by atoms with Gasteiger partial charge in [-0.25, -0.2) is 0 Å². The Balaban J connectivity index is 2.63. The van der Waals surface area contributed by atoms with E-state index < -0.39 is 0 Å². The van der Waals surface area contributed by atoms with Crippen LogP contribution in [0.4, 0.5) is 0 Å². The van der Waals surface area contributed by atoms with Crippen molar-refractivity contribution >= 4 is 5.91 Å². The van der Waals surface area contributed by atoms with Crippen LogP contribution in [0.1, 0.15) is 37.6 Å². The van der Waals surface area contributed by atoms with E-state index in [2.05, 4.69) is 24.0 Å². The van der Waals surface area contributed by atoms with Gasteiger partial charge in [0.05, 0.1) is 11.8 Å². The molecule has 1 rings (SSSR count). The average molecular weight is 209 g/mol. The van der Waals surface area contributed by atoms with Crippen LogP contribution in [-0.4, -0.2) is 34.1 Å². The lowest BCUT2D eigenvalue weighted by Gasteiger charge is -2.23. The summed E-state index contributed by atoms with van der Waals surface area (Å²) in [5.74, 6) is 0.604. The fourth-order valence-electron chi connectivity index (χ4n) is 1.41. The summed E-state index contributed by atoms with van der Waals surface area (Å²) in [6.07, 6.45) is 4.30. The van der Waals surface area contributed by atoms with Crippen molar-refractivity contribution < 1.29 is 4.79 Å². The Morgan fingerprint density at radius 1 is 1.60 bits per heavy atom. The van der Waals surface area contributed by atoms with Crippen molar-refractivity contribution in [3.05, 3.63) is 18.0 Å². The molecule has 1 unspecified atom stereocenters. The van der Waals surface area contributed by atoms with Gasteiger partial charge in [-0.05, 0) is 12.8 Å². The number of aromatic nitrogens is 2. The lowest BCUT2D eigenvalue weighted by molar-refractivity contribution is 0.0741. The van der Waals surface area contributed by atoms with E-state index in [1.165, 1.54) is 0 Å². The zero-order valence-corrected chi connectivity index (χ0v) is 9.66. The van der Waals surface area contributed by atoms with E-state index in [0.717, 1.165) is 19.5 Å². The molecule has 1 heterocycles. The van der Waals surface area contributed by atoms with E-state index in [0.29, 0.717) is 11.5 Å². The predicted octanol–water partition coefficient (Wildman–Crippen LogP) is 1.92. The first-order valence-electron chi connectivity index (χ1n) is 5.47. The third-order valence-corrected chi connectivity index (χ3v) is 2.64. The van der Waals surface area contributed by atoms with Gasteiger partial charge in [0.1, 0.15) is 0 Å². The highest BCUT2D eigenvalue weighted by molar-refractivity contribution is 5.93. The minimum Gasteiger partial charge on any atom is -0.339 e. The number of carbonyl (C=O) groups is 1. The zero-order chi connectivity index (χ0) is 11.3. The maximum atomic E-state index is 12.0. The third kappa shape index (κ3) is 3.08. The quantitative estimate of drug-likeness (QED) is 0.805. The minimum atomic E-state index is 0.0616. The number of carbonyl (C=O) groups excluding carboxylic acids is 1. The Bertz CT molecular complexity index is 295. The van der Waals surface area contributed by atoms with Crippen molar-refractivity contribution in [1.29, 1.82) is 0 Å². The van der Waals surface area contributed by atoms with Crippen molar-refractivity contribution in [3.63, 3.8) is 0 Å². The number of amides is 1. The number of hydrogen-bond acceptors (Lipinski definition) is 2. The molecular formula is C11H19N3O. The molecule has 4 nitrogen and oxygen atoms in total. The molecule has 0 aliphatic carbocycles. The second-order valence-electron chi connectivity index (χ2n) is 3.84. The van der Waals surface area contributed by atoms with Gasteiger partial charge < -0.3 is 4.90 Å². The number of nitrogens with one attached hydrogen (secondary N) is 1. The number of H-pyrrole nitrogens is 1. The third-order valence-electron chi connectivity index (χ3n) is 2.64. The largest absolute Gasteiger partial charge is 0.339 e. The number of hydrogen-bond donors (Lipinski definition) is 1. The summed E-state index contributed by atoms with van der Waals surface area (Å²) < 4.78 is 0. The molecule has 15 heavy (non-hydrogen) atoms. The normalized spacial score (nSPS) is 12.5. The van der Waals surface area contributed by atoms with Gasteiger partial charge in [-0.2, -0.15) is 5.10 Å². The summed E-state index contributed by atoms with van der Waals surface area (Å²) in [4.78, 5) is 13.8. The highest BCUT2D eigenvalue weighted by Gasteiger charge is 2.16. The molecule has 1 aromatic heterocycles. The lowest BCUT2D eigenvalue weighted by atomic mass is 10.1. The van der Waals surface area contributed by atoms with Crippen molar-refractivity contribution in [2.45, 2.75) is 27.2 Å². The molecule has 0 radical (unpaired) electrons. The first kappa shape index (κ1) is 11.8. The Labute approximate surface area is 90.7 Å². The molecule has 1 amide bonds. The minimum absolute atomic E-state index is 0.0616. The Kier molecular flexibility index (Phi) is 4.34. The first-order valence-corrected chi connectivity index (χ1v) is 5.47. The molecule has 1 aromatic rings. The highest BCUT2D eigenvalue weighted by Crippen LogP contribution is 2.08. The summed E-state index contributed by atoms with van der Waals surface area (Å²) in [5, 5.41) is 6.45. The maximum Gasteiger partial charge on any atom is 0.257 e. The van der Waals surface area contributed by atoms with Gasteiger partial charge in [-0.1, -0.05) is 20.3 Å². The summed E-state index contributed by atoms with van der Waals surface area (Å²) in [7, 11) is 0. The topological polar surface area (TPSA) is 49.0 Å². The van der Waals surface area contributed by atoms with Crippen molar-refractivity contribution in [2.75, 3.05) is 13.1 Å². The average Bonchev–Trinajstić information content (AvgIpc) is 2.77. The Morgan fingerprint density at radius 3 is 2.80 bits per heavy atom. The van der Waals surface area contributed by atoms with E-state index in [1.807, 2.05) is 11.8 Å². The van der Waals surface area contributed by atoms with E-state index in [-0.39, 0.29) is 5.91 Å². The van der Waals surface area contributed by atoms with Crippen LogP contribution < -0.4 is 0 Å². The molecule has 1 N–H and O–H groups in total. The Morgan fingerprint density at radius 2 is 2.33 bits per heavy atom. The molecular weight excluding hydrogens is 190 g/mol. The smallest absolute Gasteiger partial charge is 0.257 e. The molecule has 84 valence electrons. The van der Waals surface area contributed by atoms with Crippen LogP contribution in [0.25, 0.3) is 0 Å². The van der Waals surface area contributed by atoms with E-state index in [9.17, 15) is 4.79 Å². The molecule has 0 saturated carbocycles. The monoisotopic (exact) mass is 209 g/mol. The molecule has 0 aromatic carbocycles. The highest BCUT2D eigenvalue weighted by atomic mass is 16.2. The van der Waals surface area contributed by atoms with Crippen molar-refractivity contribution in [3.8, 4) is 0 Å². The van der Waals surface area contributed by atoms with Crippen LogP contribution in [0.2, 0.25) is 0 Å². The molecule has 0 aliphatic rings. The van der Waals surface area contributed by atoms with Crippen molar-refractivity contribution in [1.82, 2.24) is 15.1 Å². The first-order chi connectivity index (χ1) is 7.19. The van der Waals surface area contributed by atoms with Crippen LogP contribution in [-0.2, 0) is 0 Å². The molecule has 0 aliphatic heterocycles. The second kappa shape index (κ2) is 5.53. The van der Waals surface area contributed by atoms with Crippen LogP contribution in [0.3, 0.4) is 0 Å². The molecule has 0 bridgehead atoms.